The molecule has 0 aliphatic carbocycles. The Morgan fingerprint density at radius 2 is 2.00 bits per heavy atom. The molecular formula is C21H23N7O3S. The molecule has 1 amide bonds. The smallest absolute Gasteiger partial charge is 0.332 e. The average molecular weight is 454 g/mol. The summed E-state index contributed by atoms with van der Waals surface area (Å²) in [5.74, 6) is -0.510. The number of amides is 1. The lowest BCUT2D eigenvalue weighted by Gasteiger charge is -2.08. The summed E-state index contributed by atoms with van der Waals surface area (Å²) in [6.07, 6.45) is 3.30. The van der Waals surface area contributed by atoms with Crippen LogP contribution in [-0.2, 0) is 32.0 Å². The van der Waals surface area contributed by atoms with Gasteiger partial charge < -0.3 is 14.5 Å². The van der Waals surface area contributed by atoms with Crippen LogP contribution in [0.5, 0.6) is 0 Å². The quantitative estimate of drug-likeness (QED) is 0.448. The Morgan fingerprint density at radius 3 is 2.72 bits per heavy atom. The van der Waals surface area contributed by atoms with Crippen LogP contribution in [0.1, 0.15) is 11.4 Å². The molecule has 166 valence electrons. The van der Waals surface area contributed by atoms with Crippen molar-refractivity contribution in [3.63, 3.8) is 0 Å². The number of hydrogen-bond acceptors (Lipinski definition) is 6. The van der Waals surface area contributed by atoms with Crippen LogP contribution >= 0.6 is 11.3 Å². The van der Waals surface area contributed by atoms with E-state index < -0.39 is 23.7 Å². The predicted molar refractivity (Wildman–Crippen MR) is 124 cm³/mol. The largest absolute Gasteiger partial charge is 0.345 e. The van der Waals surface area contributed by atoms with Crippen molar-refractivity contribution in [1.29, 1.82) is 0 Å². The van der Waals surface area contributed by atoms with Crippen LogP contribution in [0, 0.1) is 13.8 Å². The summed E-state index contributed by atoms with van der Waals surface area (Å²) >= 11 is 1.28. The van der Waals surface area contributed by atoms with Crippen LogP contribution in [0.15, 0.2) is 40.0 Å². The maximum atomic E-state index is 12.8. The van der Waals surface area contributed by atoms with Crippen molar-refractivity contribution >= 4 is 33.5 Å². The van der Waals surface area contributed by atoms with Crippen molar-refractivity contribution < 1.29 is 4.79 Å². The van der Waals surface area contributed by atoms with Gasteiger partial charge in [-0.15, -0.1) is 17.9 Å². The SMILES string of the molecule is C=CCn1c(C)cc(-c2csc(NC(=O)Cn3c(=O)c4c(ncn4C)n(C)c3=O)n2)c1C. The van der Waals surface area contributed by atoms with Gasteiger partial charge in [0.1, 0.15) is 6.54 Å². The summed E-state index contributed by atoms with van der Waals surface area (Å²) in [6.45, 7) is 8.11. The number of anilines is 1. The predicted octanol–water partition coefficient (Wildman–Crippen LogP) is 1.80. The lowest BCUT2D eigenvalue weighted by Crippen LogP contribution is -2.42. The van der Waals surface area contributed by atoms with E-state index in [0.29, 0.717) is 11.7 Å². The Balaban J connectivity index is 1.58. The number of rotatable bonds is 6. The molecule has 0 saturated carbocycles. The van der Waals surface area contributed by atoms with Crippen molar-refractivity contribution in [2.24, 2.45) is 14.1 Å². The van der Waals surface area contributed by atoms with E-state index in [1.54, 1.807) is 7.05 Å². The van der Waals surface area contributed by atoms with E-state index >= 15 is 0 Å². The van der Waals surface area contributed by atoms with Gasteiger partial charge in [-0.25, -0.2) is 19.3 Å². The van der Waals surface area contributed by atoms with Gasteiger partial charge in [0.05, 0.1) is 12.0 Å². The maximum absolute atomic E-state index is 12.8. The minimum Gasteiger partial charge on any atom is -0.345 e. The van der Waals surface area contributed by atoms with E-state index in [1.165, 1.54) is 33.8 Å². The molecule has 0 fully saturated rings. The zero-order chi connectivity index (χ0) is 23.2. The van der Waals surface area contributed by atoms with Crippen LogP contribution in [0.25, 0.3) is 22.4 Å². The summed E-state index contributed by atoms with van der Waals surface area (Å²) in [5.41, 5.74) is 3.25. The van der Waals surface area contributed by atoms with E-state index in [9.17, 15) is 14.4 Å². The van der Waals surface area contributed by atoms with Crippen LogP contribution in [0.4, 0.5) is 5.13 Å². The van der Waals surface area contributed by atoms with Gasteiger partial charge in [-0.3, -0.25) is 14.2 Å². The molecule has 0 aliphatic rings. The third kappa shape index (κ3) is 3.50. The lowest BCUT2D eigenvalue weighted by atomic mass is 10.2. The number of nitrogens with zero attached hydrogens (tertiary/aromatic N) is 6. The highest BCUT2D eigenvalue weighted by Crippen LogP contribution is 2.30. The second-order valence-corrected chi connectivity index (χ2v) is 8.39. The molecule has 10 nitrogen and oxygen atoms in total. The molecule has 32 heavy (non-hydrogen) atoms. The van der Waals surface area contributed by atoms with Crippen LogP contribution < -0.4 is 16.6 Å². The van der Waals surface area contributed by atoms with Crippen LogP contribution in [0.3, 0.4) is 0 Å². The summed E-state index contributed by atoms with van der Waals surface area (Å²) < 4.78 is 5.82. The molecule has 0 bridgehead atoms. The molecule has 0 aliphatic heterocycles. The first kappa shape index (κ1) is 21.5. The number of carbonyl (C=O) groups is 1. The van der Waals surface area contributed by atoms with Gasteiger partial charge in [0.2, 0.25) is 5.91 Å². The average Bonchev–Trinajstić information content (AvgIpc) is 3.44. The van der Waals surface area contributed by atoms with E-state index in [4.69, 9.17) is 0 Å². The second-order valence-electron chi connectivity index (χ2n) is 7.53. The van der Waals surface area contributed by atoms with E-state index in [1.807, 2.05) is 31.4 Å². The van der Waals surface area contributed by atoms with Gasteiger partial charge in [0, 0.05) is 43.0 Å². The first-order valence-corrected chi connectivity index (χ1v) is 10.7. The molecule has 11 heteroatoms. The number of fused-ring (bicyclic) bond motifs is 1. The van der Waals surface area contributed by atoms with Gasteiger partial charge >= 0.3 is 5.69 Å². The van der Waals surface area contributed by atoms with Crippen molar-refractivity contribution in [3.05, 3.63) is 62.7 Å². The Hall–Kier alpha value is -3.73. The van der Waals surface area contributed by atoms with Gasteiger partial charge in [-0.1, -0.05) is 6.08 Å². The lowest BCUT2D eigenvalue weighted by molar-refractivity contribution is -0.116. The molecule has 4 heterocycles. The van der Waals surface area contributed by atoms with Crippen molar-refractivity contribution in [1.82, 2.24) is 28.2 Å². The van der Waals surface area contributed by atoms with E-state index in [0.717, 1.165) is 27.2 Å². The highest BCUT2D eigenvalue weighted by Gasteiger charge is 2.18. The Kier molecular flexibility index (Phi) is 5.43. The molecule has 0 spiro atoms. The topological polar surface area (TPSA) is 109 Å². The van der Waals surface area contributed by atoms with Crippen LogP contribution in [-0.4, -0.2) is 34.1 Å². The number of thiazole rings is 1. The fraction of sp³-hybridized carbons (Fsp3) is 0.286. The zero-order valence-corrected chi connectivity index (χ0v) is 19.1. The highest BCUT2D eigenvalue weighted by molar-refractivity contribution is 7.14. The molecule has 0 radical (unpaired) electrons. The number of nitrogens with one attached hydrogen (secondary N) is 1. The Bertz CT molecular complexity index is 1480. The normalized spacial score (nSPS) is 11.2. The van der Waals surface area contributed by atoms with Gasteiger partial charge in [-0.05, 0) is 19.9 Å². The number of imidazole rings is 1. The standard InChI is InChI=1S/C21H23N7O3S/c1-6-7-27-12(2)8-14(13(27)3)15-10-32-20(23-15)24-16(29)9-28-19(30)17-18(22-11-25(17)4)26(5)21(28)31/h6,8,10-11H,1,7,9H2,2-5H3,(H,23,24,29). The van der Waals surface area contributed by atoms with Gasteiger partial charge in [0.15, 0.2) is 16.3 Å². The second kappa shape index (κ2) is 8.08. The number of aryl methyl sites for hydroxylation is 3. The monoisotopic (exact) mass is 453 g/mol. The molecule has 0 saturated heterocycles. The molecule has 4 rings (SSSR count). The molecule has 4 aromatic rings. The summed E-state index contributed by atoms with van der Waals surface area (Å²) in [4.78, 5) is 46.6. The molecular weight excluding hydrogens is 430 g/mol. The highest BCUT2D eigenvalue weighted by atomic mass is 32.1. The van der Waals surface area contributed by atoms with E-state index in [2.05, 4.69) is 26.4 Å². The number of aromatic nitrogens is 6. The first-order chi connectivity index (χ1) is 15.2. The summed E-state index contributed by atoms with van der Waals surface area (Å²) in [6, 6.07) is 2.05. The number of allylic oxidation sites excluding steroid dienone is 1. The fourth-order valence-electron chi connectivity index (χ4n) is 3.76. The van der Waals surface area contributed by atoms with Gasteiger partial charge in [0.25, 0.3) is 5.56 Å². The van der Waals surface area contributed by atoms with Gasteiger partial charge in [-0.2, -0.15) is 0 Å². The summed E-state index contributed by atoms with van der Waals surface area (Å²) in [5, 5.41) is 4.95. The molecule has 4 aromatic heterocycles. The molecule has 0 unspecified atom stereocenters. The molecule has 1 N–H and O–H groups in total. The van der Waals surface area contributed by atoms with Crippen molar-refractivity contribution in [2.45, 2.75) is 26.9 Å². The third-order valence-electron chi connectivity index (χ3n) is 5.41. The zero-order valence-electron chi connectivity index (χ0n) is 18.2. The minimum atomic E-state index is -0.606. The maximum Gasteiger partial charge on any atom is 0.332 e. The van der Waals surface area contributed by atoms with Crippen molar-refractivity contribution in [3.8, 4) is 11.3 Å². The Labute approximate surface area is 187 Å². The molecule has 0 atom stereocenters. The van der Waals surface area contributed by atoms with Crippen LogP contribution in [0.2, 0.25) is 0 Å². The molecule has 0 aromatic carbocycles. The third-order valence-corrected chi connectivity index (χ3v) is 6.17. The first-order valence-electron chi connectivity index (χ1n) is 9.87. The number of hydrogen-bond donors (Lipinski definition) is 1. The fourth-order valence-corrected chi connectivity index (χ4v) is 4.49. The van der Waals surface area contributed by atoms with E-state index in [-0.39, 0.29) is 11.2 Å². The summed E-state index contributed by atoms with van der Waals surface area (Å²) in [7, 11) is 3.18. The Morgan fingerprint density at radius 1 is 1.25 bits per heavy atom. The minimum absolute atomic E-state index is 0.256. The van der Waals surface area contributed by atoms with Crippen molar-refractivity contribution in [2.75, 3.05) is 5.32 Å². The number of carbonyl (C=O) groups excluding carboxylic acids is 1.